The quantitative estimate of drug-likeness (QED) is 0.848. The average molecular weight is 303 g/mol. The van der Waals surface area contributed by atoms with E-state index in [0.29, 0.717) is 22.2 Å². The largest absolute Gasteiger partial charge is 0.349 e. The highest BCUT2D eigenvalue weighted by Crippen LogP contribution is 2.25. The maximum absolute atomic E-state index is 12.1. The molecule has 19 heavy (non-hydrogen) atoms. The molecule has 106 valence electrons. The molecule has 0 fully saturated rings. The van der Waals surface area contributed by atoms with Crippen LogP contribution in [0.1, 0.15) is 32.3 Å². The third kappa shape index (κ3) is 4.10. The zero-order chi connectivity index (χ0) is 14.5. The fraction of sp³-hybridized carbons (Fsp3) is 0.500. The summed E-state index contributed by atoms with van der Waals surface area (Å²) < 4.78 is 0. The molecule has 0 spiro atoms. The summed E-state index contributed by atoms with van der Waals surface area (Å²) in [5.74, 6) is -0.107. The Morgan fingerprint density at radius 1 is 1.26 bits per heavy atom. The lowest BCUT2D eigenvalue weighted by Crippen LogP contribution is -2.53. The van der Waals surface area contributed by atoms with Crippen LogP contribution in [0.4, 0.5) is 0 Å². The summed E-state index contributed by atoms with van der Waals surface area (Å²) >= 11 is 12.1. The van der Waals surface area contributed by atoms with Gasteiger partial charge < -0.3 is 11.1 Å². The maximum Gasteiger partial charge on any atom is 0.225 e. The predicted octanol–water partition coefficient (Wildman–Crippen LogP) is 3.17. The fourth-order valence-electron chi connectivity index (χ4n) is 1.97. The molecule has 0 saturated carbocycles. The van der Waals surface area contributed by atoms with Crippen LogP contribution in [0.3, 0.4) is 0 Å². The van der Waals surface area contributed by atoms with Crippen LogP contribution in [-0.2, 0) is 11.2 Å². The van der Waals surface area contributed by atoms with Crippen molar-refractivity contribution < 1.29 is 4.79 Å². The Morgan fingerprint density at radius 2 is 1.79 bits per heavy atom. The van der Waals surface area contributed by atoms with Gasteiger partial charge in [-0.2, -0.15) is 0 Å². The fourth-order valence-corrected chi connectivity index (χ4v) is 2.50. The molecule has 5 heteroatoms. The van der Waals surface area contributed by atoms with Gasteiger partial charge in [-0.1, -0.05) is 43.1 Å². The van der Waals surface area contributed by atoms with Gasteiger partial charge in [-0.15, -0.1) is 0 Å². The molecule has 0 radical (unpaired) electrons. The van der Waals surface area contributed by atoms with E-state index in [-0.39, 0.29) is 17.9 Å². The van der Waals surface area contributed by atoms with E-state index in [2.05, 4.69) is 5.32 Å². The zero-order valence-corrected chi connectivity index (χ0v) is 12.8. The standard InChI is InChI=1S/C14H20Cl2N2O/c1-3-14(4-2,9-17)18-13(19)8-10-11(15)6-5-7-12(10)16/h5-7H,3-4,8-9,17H2,1-2H3,(H,18,19). The molecule has 0 aromatic heterocycles. The van der Waals surface area contributed by atoms with E-state index >= 15 is 0 Å². The first-order valence-electron chi connectivity index (χ1n) is 6.42. The normalized spacial score (nSPS) is 11.4. The summed E-state index contributed by atoms with van der Waals surface area (Å²) in [7, 11) is 0. The first-order chi connectivity index (χ1) is 8.98. The van der Waals surface area contributed by atoms with Crippen molar-refractivity contribution in [2.45, 2.75) is 38.6 Å². The monoisotopic (exact) mass is 302 g/mol. The second kappa shape index (κ2) is 7.13. The Labute approximate surface area is 124 Å². The Bertz CT molecular complexity index is 417. The number of benzene rings is 1. The van der Waals surface area contributed by atoms with Gasteiger partial charge in [0.25, 0.3) is 0 Å². The minimum Gasteiger partial charge on any atom is -0.349 e. The van der Waals surface area contributed by atoms with Crippen LogP contribution < -0.4 is 11.1 Å². The van der Waals surface area contributed by atoms with Crippen LogP contribution in [-0.4, -0.2) is 18.0 Å². The van der Waals surface area contributed by atoms with Crippen molar-refractivity contribution in [1.29, 1.82) is 0 Å². The molecule has 0 saturated heterocycles. The van der Waals surface area contributed by atoms with Gasteiger partial charge in [-0.3, -0.25) is 4.79 Å². The van der Waals surface area contributed by atoms with E-state index in [4.69, 9.17) is 28.9 Å². The molecule has 1 rings (SSSR count). The lowest BCUT2D eigenvalue weighted by atomic mass is 9.92. The smallest absolute Gasteiger partial charge is 0.225 e. The third-order valence-corrected chi connectivity index (χ3v) is 4.26. The molecule has 0 heterocycles. The number of carbonyl (C=O) groups is 1. The molecular formula is C14H20Cl2N2O. The van der Waals surface area contributed by atoms with Crippen LogP contribution in [0.25, 0.3) is 0 Å². The number of nitrogens with two attached hydrogens (primary N) is 1. The summed E-state index contributed by atoms with van der Waals surface area (Å²) in [6, 6.07) is 5.21. The second-order valence-electron chi connectivity index (χ2n) is 4.62. The summed E-state index contributed by atoms with van der Waals surface area (Å²) in [4.78, 5) is 12.1. The summed E-state index contributed by atoms with van der Waals surface area (Å²) in [6.07, 6.45) is 1.75. The molecule has 0 aliphatic carbocycles. The van der Waals surface area contributed by atoms with Crippen molar-refractivity contribution in [3.8, 4) is 0 Å². The molecule has 0 bridgehead atoms. The Hall–Kier alpha value is -0.770. The average Bonchev–Trinajstić information content (AvgIpc) is 2.41. The van der Waals surface area contributed by atoms with Crippen LogP contribution in [0.15, 0.2) is 18.2 Å². The van der Waals surface area contributed by atoms with Crippen molar-refractivity contribution in [2.24, 2.45) is 5.73 Å². The lowest BCUT2D eigenvalue weighted by molar-refractivity contribution is -0.122. The van der Waals surface area contributed by atoms with Crippen LogP contribution in [0.2, 0.25) is 10.0 Å². The number of nitrogens with one attached hydrogen (secondary N) is 1. The van der Waals surface area contributed by atoms with Gasteiger partial charge in [0.05, 0.1) is 12.0 Å². The number of halogens is 2. The zero-order valence-electron chi connectivity index (χ0n) is 11.3. The van der Waals surface area contributed by atoms with Crippen molar-refractivity contribution in [3.63, 3.8) is 0 Å². The highest BCUT2D eigenvalue weighted by molar-refractivity contribution is 6.36. The van der Waals surface area contributed by atoms with Gasteiger partial charge in [-0.05, 0) is 30.5 Å². The van der Waals surface area contributed by atoms with E-state index < -0.39 is 0 Å². The highest BCUT2D eigenvalue weighted by Gasteiger charge is 2.26. The third-order valence-electron chi connectivity index (χ3n) is 3.55. The van der Waals surface area contributed by atoms with Crippen molar-refractivity contribution >= 4 is 29.1 Å². The van der Waals surface area contributed by atoms with Crippen molar-refractivity contribution in [2.75, 3.05) is 6.54 Å². The first kappa shape index (κ1) is 16.3. The summed E-state index contributed by atoms with van der Waals surface area (Å²) in [5.41, 5.74) is 6.08. The number of amides is 1. The molecule has 0 aliphatic heterocycles. The van der Waals surface area contributed by atoms with Crippen LogP contribution in [0.5, 0.6) is 0 Å². The minimum atomic E-state index is -0.342. The van der Waals surface area contributed by atoms with Crippen molar-refractivity contribution in [1.82, 2.24) is 5.32 Å². The second-order valence-corrected chi connectivity index (χ2v) is 5.43. The van der Waals surface area contributed by atoms with Gasteiger partial charge >= 0.3 is 0 Å². The Morgan fingerprint density at radius 3 is 2.21 bits per heavy atom. The van der Waals surface area contributed by atoms with Gasteiger partial charge in [0, 0.05) is 16.6 Å². The maximum atomic E-state index is 12.1. The number of hydrogen-bond donors (Lipinski definition) is 2. The molecule has 0 aliphatic rings. The van der Waals surface area contributed by atoms with E-state index in [1.807, 2.05) is 13.8 Å². The van der Waals surface area contributed by atoms with Crippen LogP contribution in [0, 0.1) is 0 Å². The molecular weight excluding hydrogens is 283 g/mol. The molecule has 1 aromatic carbocycles. The number of hydrogen-bond acceptors (Lipinski definition) is 2. The summed E-state index contributed by atoms with van der Waals surface area (Å²) in [5, 5.41) is 4.02. The highest BCUT2D eigenvalue weighted by atomic mass is 35.5. The van der Waals surface area contributed by atoms with E-state index in [0.717, 1.165) is 12.8 Å². The Kier molecular flexibility index (Phi) is 6.11. The topological polar surface area (TPSA) is 55.1 Å². The molecule has 1 aromatic rings. The summed E-state index contributed by atoms with van der Waals surface area (Å²) in [6.45, 7) is 4.44. The molecule has 0 unspecified atom stereocenters. The molecule has 0 atom stereocenters. The molecule has 3 nitrogen and oxygen atoms in total. The molecule has 1 amide bonds. The predicted molar refractivity (Wildman–Crippen MR) is 80.7 cm³/mol. The van der Waals surface area contributed by atoms with Gasteiger partial charge in [-0.25, -0.2) is 0 Å². The Balaban J connectivity index is 2.81. The minimum absolute atomic E-state index is 0.107. The number of rotatable bonds is 6. The van der Waals surface area contributed by atoms with Gasteiger partial charge in [0.1, 0.15) is 0 Å². The number of carbonyl (C=O) groups excluding carboxylic acids is 1. The van der Waals surface area contributed by atoms with E-state index in [1.165, 1.54) is 0 Å². The van der Waals surface area contributed by atoms with E-state index in [9.17, 15) is 4.79 Å². The van der Waals surface area contributed by atoms with E-state index in [1.54, 1.807) is 18.2 Å². The molecule has 3 N–H and O–H groups in total. The van der Waals surface area contributed by atoms with Gasteiger partial charge in [0.2, 0.25) is 5.91 Å². The first-order valence-corrected chi connectivity index (χ1v) is 7.17. The van der Waals surface area contributed by atoms with Crippen LogP contribution >= 0.6 is 23.2 Å². The van der Waals surface area contributed by atoms with Gasteiger partial charge in [0.15, 0.2) is 0 Å². The SMILES string of the molecule is CCC(CC)(CN)NC(=O)Cc1c(Cl)cccc1Cl. The van der Waals surface area contributed by atoms with Crippen molar-refractivity contribution in [3.05, 3.63) is 33.8 Å². The lowest BCUT2D eigenvalue weighted by Gasteiger charge is -2.31.